The lowest BCUT2D eigenvalue weighted by atomic mass is 9.71. The van der Waals surface area contributed by atoms with Crippen LogP contribution in [0.3, 0.4) is 0 Å². The maximum atomic E-state index is 10.9. The molecular weight excluding hydrogens is 208 g/mol. The number of hydrogen-bond acceptors (Lipinski definition) is 2. The first kappa shape index (κ1) is 13.6. The summed E-state index contributed by atoms with van der Waals surface area (Å²) in [5.74, 6) is 6.03. The molecule has 0 N–H and O–H groups in total. The molecule has 0 amide bonds. The van der Waals surface area contributed by atoms with E-state index in [-0.39, 0.29) is 11.1 Å². The van der Waals surface area contributed by atoms with E-state index in [4.69, 9.17) is 0 Å². The van der Waals surface area contributed by atoms with Gasteiger partial charge in [0.05, 0.1) is 0 Å². The highest BCUT2D eigenvalue weighted by molar-refractivity contribution is 6.37. The van der Waals surface area contributed by atoms with Gasteiger partial charge in [-0.25, -0.2) is 4.98 Å². The van der Waals surface area contributed by atoms with Crippen molar-refractivity contribution in [1.82, 2.24) is 4.98 Å². The Kier molecular flexibility index (Phi) is 4.17. The van der Waals surface area contributed by atoms with Crippen molar-refractivity contribution < 1.29 is 4.79 Å². The monoisotopic (exact) mass is 225 g/mol. The van der Waals surface area contributed by atoms with Gasteiger partial charge in [-0.05, 0) is 23.8 Å². The summed E-state index contributed by atoms with van der Waals surface area (Å²) in [5, 5.41) is 0. The number of rotatable bonds is 1. The zero-order valence-corrected chi connectivity index (χ0v) is 11.2. The highest BCUT2D eigenvalue weighted by Gasteiger charge is 2.16. The lowest BCUT2D eigenvalue weighted by Crippen LogP contribution is -2.14. The third kappa shape index (κ3) is 3.78. The number of pyridine rings is 1. The molecule has 0 bridgehead atoms. The van der Waals surface area contributed by atoms with Crippen molar-refractivity contribution in [2.24, 2.45) is 0 Å². The number of hydrogen-bond donors (Lipinski definition) is 0. The molecule has 0 saturated carbocycles. The average molecular weight is 225 g/mol. The summed E-state index contributed by atoms with van der Waals surface area (Å²) in [6.45, 7) is 6.28. The number of carbonyl (C=O) groups is 1. The van der Waals surface area contributed by atoms with Gasteiger partial charge in [-0.1, -0.05) is 20.8 Å². The fourth-order valence-electron chi connectivity index (χ4n) is 1.30. The number of aromatic nitrogens is 1. The molecule has 1 heterocycles. The number of carbonyl (C=O) groups excluding carboxylic acids is 1. The van der Waals surface area contributed by atoms with Crippen molar-refractivity contribution in [3.8, 4) is 11.8 Å². The van der Waals surface area contributed by atoms with Crippen LogP contribution < -0.4 is 0 Å². The predicted molar refractivity (Wildman–Crippen MR) is 76.0 cm³/mol. The molecule has 0 aromatic carbocycles. The maximum Gasteiger partial charge on any atom is 0.152 e. The van der Waals surface area contributed by atoms with E-state index in [1.54, 1.807) is 6.07 Å². The second-order valence-corrected chi connectivity index (χ2v) is 5.43. The first-order chi connectivity index (χ1) is 7.84. The molecule has 0 atom stereocenters. The first-order valence-corrected chi connectivity index (χ1v) is 5.83. The van der Waals surface area contributed by atoms with Crippen molar-refractivity contribution in [3.63, 3.8) is 0 Å². The van der Waals surface area contributed by atoms with Crippen molar-refractivity contribution in [1.29, 1.82) is 0 Å². The molecule has 0 aliphatic heterocycles. The molecule has 0 saturated heterocycles. The second-order valence-electron chi connectivity index (χ2n) is 5.43. The number of nitrogens with zero attached hydrogens (tertiary/aromatic N) is 1. The van der Waals surface area contributed by atoms with Gasteiger partial charge in [-0.3, -0.25) is 4.79 Å². The van der Waals surface area contributed by atoms with E-state index in [1.165, 1.54) is 0 Å². The summed E-state index contributed by atoms with van der Waals surface area (Å²) in [6, 6.07) is 3.69. The summed E-state index contributed by atoms with van der Waals surface area (Å²) in [5.41, 5.74) is 2.34. The summed E-state index contributed by atoms with van der Waals surface area (Å²) in [4.78, 5) is 15.4. The molecule has 1 aromatic heterocycles. The van der Waals surface area contributed by atoms with Gasteiger partial charge in [-0.2, -0.15) is 0 Å². The molecule has 0 aliphatic carbocycles. The zero-order chi connectivity index (χ0) is 13.1. The highest BCUT2D eigenvalue weighted by Crippen LogP contribution is 2.20. The Labute approximate surface area is 105 Å². The molecule has 0 aliphatic rings. The summed E-state index contributed by atoms with van der Waals surface area (Å²) < 4.78 is 0. The molecule has 86 valence electrons. The van der Waals surface area contributed by atoms with Crippen LogP contribution >= 0.6 is 0 Å². The van der Waals surface area contributed by atoms with Gasteiger partial charge >= 0.3 is 0 Å². The molecule has 0 spiro atoms. The Morgan fingerprint density at radius 1 is 1.35 bits per heavy atom. The Morgan fingerprint density at radius 3 is 2.47 bits per heavy atom. The van der Waals surface area contributed by atoms with E-state index in [2.05, 4.69) is 37.6 Å². The van der Waals surface area contributed by atoms with Crippen LogP contribution in [0.5, 0.6) is 0 Å². The van der Waals surface area contributed by atoms with Crippen LogP contribution in [0.2, 0.25) is 5.72 Å². The van der Waals surface area contributed by atoms with Gasteiger partial charge < -0.3 is 0 Å². The highest BCUT2D eigenvalue weighted by atomic mass is 16.1. The first-order valence-electron chi connectivity index (χ1n) is 5.83. The van der Waals surface area contributed by atoms with E-state index in [1.807, 2.05) is 21.8 Å². The molecular formula is C13H17B2NO. The van der Waals surface area contributed by atoms with Gasteiger partial charge in [0.25, 0.3) is 0 Å². The van der Waals surface area contributed by atoms with Crippen LogP contribution in [0.1, 0.15) is 42.5 Å². The molecule has 1 aromatic rings. The van der Waals surface area contributed by atoms with Crippen molar-refractivity contribution in [2.75, 3.05) is 0 Å². The fourth-order valence-corrected chi connectivity index (χ4v) is 1.30. The van der Waals surface area contributed by atoms with Crippen LogP contribution in [0.4, 0.5) is 0 Å². The minimum Gasteiger partial charge on any atom is -0.298 e. The van der Waals surface area contributed by atoms with E-state index in [0.717, 1.165) is 12.0 Å². The second kappa shape index (κ2) is 5.23. The zero-order valence-electron chi connectivity index (χ0n) is 11.2. The molecule has 0 unspecified atom stereocenters. The third-order valence-corrected chi connectivity index (χ3v) is 2.30. The molecule has 2 nitrogen and oxygen atoms in total. The van der Waals surface area contributed by atoms with Crippen LogP contribution in [-0.4, -0.2) is 27.0 Å². The third-order valence-electron chi connectivity index (χ3n) is 2.30. The van der Waals surface area contributed by atoms with E-state index in [0.29, 0.717) is 11.3 Å². The van der Waals surface area contributed by atoms with Crippen molar-refractivity contribution in [3.05, 3.63) is 29.1 Å². The van der Waals surface area contributed by atoms with Gasteiger partial charge in [-0.15, -0.1) is 5.92 Å². The summed E-state index contributed by atoms with van der Waals surface area (Å²) in [6.07, 6.45) is 0.809. The Hall–Kier alpha value is -1.49. The maximum absolute atomic E-state index is 10.9. The van der Waals surface area contributed by atoms with Crippen LogP contribution in [0.15, 0.2) is 12.1 Å². The largest absolute Gasteiger partial charge is 0.298 e. The van der Waals surface area contributed by atoms with E-state index < -0.39 is 0 Å². The smallest absolute Gasteiger partial charge is 0.152 e. The van der Waals surface area contributed by atoms with Gasteiger partial charge in [0.2, 0.25) is 0 Å². The summed E-state index contributed by atoms with van der Waals surface area (Å²) >= 11 is 0. The predicted octanol–water partition coefficient (Wildman–Crippen LogP) is 0.555. The van der Waals surface area contributed by atoms with Gasteiger partial charge in [0, 0.05) is 16.7 Å². The molecule has 1 rings (SSSR count). The molecule has 17 heavy (non-hydrogen) atoms. The minimum atomic E-state index is -0.0321. The summed E-state index contributed by atoms with van der Waals surface area (Å²) in [7, 11) is 4.03. The lowest BCUT2D eigenvalue weighted by Gasteiger charge is -2.18. The normalized spacial score (nSPS) is 10.8. The molecule has 4 heteroatoms. The van der Waals surface area contributed by atoms with Crippen LogP contribution in [0, 0.1) is 11.8 Å². The van der Waals surface area contributed by atoms with Crippen molar-refractivity contribution in [2.45, 2.75) is 31.9 Å². The average Bonchev–Trinajstić information content (AvgIpc) is 2.24. The van der Waals surface area contributed by atoms with Crippen LogP contribution in [-0.2, 0) is 5.41 Å². The quantitative estimate of drug-likeness (QED) is 0.397. The SMILES string of the molecule is BC(B)C#Cc1nc(C(C)(C)C)ccc1C=O. The standard InChI is InChI=1S/C13H17B2NO/c1-13(2,3)11-6-4-9(8-17)10(16-11)5-7-12(14)15/h4,6,8,12H,14-15H2,1-3H3. The molecule has 0 fully saturated rings. The van der Waals surface area contributed by atoms with Crippen LogP contribution in [0.25, 0.3) is 0 Å². The number of aldehydes is 1. The van der Waals surface area contributed by atoms with Crippen molar-refractivity contribution >= 4 is 22.0 Å². The Balaban J connectivity index is 3.27. The van der Waals surface area contributed by atoms with E-state index in [9.17, 15) is 4.79 Å². The topological polar surface area (TPSA) is 30.0 Å². The fraction of sp³-hybridized carbons (Fsp3) is 0.385. The van der Waals surface area contributed by atoms with Gasteiger partial charge in [0.1, 0.15) is 21.4 Å². The lowest BCUT2D eigenvalue weighted by molar-refractivity contribution is 0.112. The Bertz CT molecular complexity index is 478. The molecule has 0 radical (unpaired) electrons. The Morgan fingerprint density at radius 2 is 2.00 bits per heavy atom. The van der Waals surface area contributed by atoms with E-state index >= 15 is 0 Å². The van der Waals surface area contributed by atoms with Gasteiger partial charge in [0.15, 0.2) is 6.29 Å². The minimum absolute atomic E-state index is 0.0321.